The number of benzene rings is 3. The molecule has 1 aromatic heterocycles. The molecule has 0 unspecified atom stereocenters. The molecule has 0 saturated heterocycles. The van der Waals surface area contributed by atoms with Gasteiger partial charge in [-0.25, -0.2) is 4.39 Å². The fourth-order valence-corrected chi connectivity index (χ4v) is 4.23. The lowest BCUT2D eigenvalue weighted by Gasteiger charge is -2.10. The number of carbonyl (C=O) groups excluding carboxylic acids is 1. The molecule has 1 heterocycles. The fourth-order valence-electron chi connectivity index (χ4n) is 3.42. The summed E-state index contributed by atoms with van der Waals surface area (Å²) in [5.41, 5.74) is 1.10. The predicted octanol–water partition coefficient (Wildman–Crippen LogP) is 5.94. The minimum absolute atomic E-state index is 0.158. The fraction of sp³-hybridized carbons (Fsp3) is 0.160. The van der Waals surface area contributed by atoms with Crippen LogP contribution in [-0.4, -0.2) is 26.4 Å². The lowest BCUT2D eigenvalue weighted by molar-refractivity contribution is -0.113. The zero-order valence-electron chi connectivity index (χ0n) is 17.6. The van der Waals surface area contributed by atoms with Crippen LogP contribution in [0.1, 0.15) is 18.9 Å². The van der Waals surface area contributed by atoms with Gasteiger partial charge in [-0.3, -0.25) is 9.36 Å². The third-order valence-electron chi connectivity index (χ3n) is 5.14. The first-order valence-electron chi connectivity index (χ1n) is 10.6. The minimum atomic E-state index is -0.333. The van der Waals surface area contributed by atoms with Gasteiger partial charge in [0.15, 0.2) is 11.0 Å². The summed E-state index contributed by atoms with van der Waals surface area (Å²) >= 11 is 1.30. The highest BCUT2D eigenvalue weighted by Gasteiger charge is 2.31. The van der Waals surface area contributed by atoms with Crippen LogP contribution in [0.2, 0.25) is 0 Å². The van der Waals surface area contributed by atoms with Crippen molar-refractivity contribution in [3.63, 3.8) is 0 Å². The average molecular weight is 461 g/mol. The van der Waals surface area contributed by atoms with E-state index in [-0.39, 0.29) is 23.5 Å². The molecule has 1 aliphatic rings. The van der Waals surface area contributed by atoms with Crippen molar-refractivity contribution in [2.45, 2.75) is 24.0 Å². The lowest BCUT2D eigenvalue weighted by Crippen LogP contribution is -2.14. The normalized spacial score (nSPS) is 13.0. The summed E-state index contributed by atoms with van der Waals surface area (Å²) in [5.74, 6) is 1.62. The van der Waals surface area contributed by atoms with Crippen molar-refractivity contribution in [1.29, 1.82) is 0 Å². The maximum atomic E-state index is 14.3. The number of aromatic nitrogens is 3. The largest absolute Gasteiger partial charge is 0.457 e. The molecule has 1 N–H and O–H groups in total. The number of nitrogens with zero attached hydrogens (tertiary/aromatic N) is 3. The molecule has 4 aromatic rings. The van der Waals surface area contributed by atoms with E-state index in [0.29, 0.717) is 28.0 Å². The van der Waals surface area contributed by atoms with E-state index in [1.54, 1.807) is 42.5 Å². The van der Waals surface area contributed by atoms with E-state index in [2.05, 4.69) is 15.5 Å². The van der Waals surface area contributed by atoms with Gasteiger partial charge in [0.05, 0.1) is 11.3 Å². The van der Waals surface area contributed by atoms with Gasteiger partial charge in [0.2, 0.25) is 5.91 Å². The molecule has 1 fully saturated rings. The molecule has 166 valence electrons. The van der Waals surface area contributed by atoms with Crippen molar-refractivity contribution in [2.75, 3.05) is 11.1 Å². The summed E-state index contributed by atoms with van der Waals surface area (Å²) in [6, 6.07) is 23.5. The number of hydrogen-bond acceptors (Lipinski definition) is 5. The van der Waals surface area contributed by atoms with Gasteiger partial charge < -0.3 is 10.1 Å². The van der Waals surface area contributed by atoms with Crippen molar-refractivity contribution < 1.29 is 13.9 Å². The Morgan fingerprint density at radius 2 is 1.67 bits per heavy atom. The van der Waals surface area contributed by atoms with Crippen molar-refractivity contribution in [3.05, 3.63) is 84.7 Å². The number of carbonyl (C=O) groups is 1. The number of hydrogen-bond donors (Lipinski definition) is 1. The maximum Gasteiger partial charge on any atom is 0.234 e. The molecule has 0 bridgehead atoms. The molecule has 0 aliphatic heterocycles. The average Bonchev–Trinajstić information content (AvgIpc) is 3.59. The van der Waals surface area contributed by atoms with Gasteiger partial charge >= 0.3 is 0 Å². The molecule has 0 spiro atoms. The molecule has 8 heteroatoms. The SMILES string of the molecule is O=C(CSc1nnc(-c2ccccc2F)n1C1CC1)Nc1ccc(Oc2ccccc2)cc1. The summed E-state index contributed by atoms with van der Waals surface area (Å²) in [6.07, 6.45) is 1.99. The quantitative estimate of drug-likeness (QED) is 0.330. The summed E-state index contributed by atoms with van der Waals surface area (Å²) < 4.78 is 22.0. The van der Waals surface area contributed by atoms with Crippen LogP contribution in [0.15, 0.2) is 84.0 Å². The van der Waals surface area contributed by atoms with Crippen LogP contribution in [-0.2, 0) is 4.79 Å². The van der Waals surface area contributed by atoms with Crippen LogP contribution in [0, 0.1) is 5.82 Å². The van der Waals surface area contributed by atoms with E-state index in [0.717, 1.165) is 18.6 Å². The maximum absolute atomic E-state index is 14.3. The molecule has 5 rings (SSSR count). The third kappa shape index (κ3) is 5.06. The number of ether oxygens (including phenoxy) is 1. The number of nitrogens with one attached hydrogen (secondary N) is 1. The topological polar surface area (TPSA) is 69.0 Å². The number of thioether (sulfide) groups is 1. The molecule has 0 atom stereocenters. The molecular formula is C25H21FN4O2S. The Balaban J connectivity index is 1.21. The first-order chi connectivity index (χ1) is 16.2. The number of rotatable bonds is 8. The van der Waals surface area contributed by atoms with Gasteiger partial charge in [0, 0.05) is 11.7 Å². The highest BCUT2D eigenvalue weighted by molar-refractivity contribution is 7.99. The Morgan fingerprint density at radius 1 is 0.970 bits per heavy atom. The zero-order valence-corrected chi connectivity index (χ0v) is 18.5. The third-order valence-corrected chi connectivity index (χ3v) is 6.08. The second kappa shape index (κ2) is 9.46. The Kier molecular flexibility index (Phi) is 6.08. The van der Waals surface area contributed by atoms with Crippen molar-refractivity contribution in [1.82, 2.24) is 14.8 Å². The minimum Gasteiger partial charge on any atom is -0.457 e. The summed E-state index contributed by atoms with van der Waals surface area (Å²) in [4.78, 5) is 12.5. The molecule has 1 amide bonds. The molecular weight excluding hydrogens is 439 g/mol. The Labute approximate surface area is 194 Å². The van der Waals surface area contributed by atoms with Crippen LogP contribution in [0.4, 0.5) is 10.1 Å². The second-order valence-electron chi connectivity index (χ2n) is 7.66. The molecule has 3 aromatic carbocycles. The second-order valence-corrected chi connectivity index (χ2v) is 8.61. The Hall–Kier alpha value is -3.65. The van der Waals surface area contributed by atoms with E-state index in [4.69, 9.17) is 4.74 Å². The number of halogens is 1. The number of anilines is 1. The summed E-state index contributed by atoms with van der Waals surface area (Å²) in [6.45, 7) is 0. The van der Waals surface area contributed by atoms with E-state index >= 15 is 0 Å². The molecule has 33 heavy (non-hydrogen) atoms. The van der Waals surface area contributed by atoms with E-state index in [9.17, 15) is 9.18 Å². The van der Waals surface area contributed by atoms with E-state index < -0.39 is 0 Å². The van der Waals surface area contributed by atoms with Gasteiger partial charge in [-0.05, 0) is 61.4 Å². The molecule has 0 radical (unpaired) electrons. The van der Waals surface area contributed by atoms with Crippen LogP contribution >= 0.6 is 11.8 Å². The van der Waals surface area contributed by atoms with Crippen molar-refractivity contribution in [3.8, 4) is 22.9 Å². The monoisotopic (exact) mass is 460 g/mol. The zero-order chi connectivity index (χ0) is 22.6. The van der Waals surface area contributed by atoms with E-state index in [1.165, 1.54) is 17.8 Å². The predicted molar refractivity (Wildman–Crippen MR) is 126 cm³/mol. The summed E-state index contributed by atoms with van der Waals surface area (Å²) in [7, 11) is 0. The van der Waals surface area contributed by atoms with Crippen LogP contribution in [0.3, 0.4) is 0 Å². The number of amides is 1. The molecule has 6 nitrogen and oxygen atoms in total. The first kappa shape index (κ1) is 21.2. The van der Waals surface area contributed by atoms with Gasteiger partial charge in [-0.1, -0.05) is 42.1 Å². The van der Waals surface area contributed by atoms with Crippen LogP contribution < -0.4 is 10.1 Å². The Morgan fingerprint density at radius 3 is 2.39 bits per heavy atom. The van der Waals surface area contributed by atoms with Crippen molar-refractivity contribution >= 4 is 23.4 Å². The highest BCUT2D eigenvalue weighted by Crippen LogP contribution is 2.41. The van der Waals surface area contributed by atoms with Gasteiger partial charge in [0.1, 0.15) is 17.3 Å². The van der Waals surface area contributed by atoms with Crippen LogP contribution in [0.25, 0.3) is 11.4 Å². The standard InChI is InChI=1S/C25H21FN4O2S/c26-22-9-5-4-8-21(22)24-28-29-25(30(24)18-12-13-18)33-16-23(31)27-17-10-14-20(15-11-17)32-19-6-2-1-3-7-19/h1-11,14-15,18H,12-13,16H2,(H,27,31). The lowest BCUT2D eigenvalue weighted by atomic mass is 10.2. The van der Waals surface area contributed by atoms with Crippen LogP contribution in [0.5, 0.6) is 11.5 Å². The molecule has 1 saturated carbocycles. The first-order valence-corrected chi connectivity index (χ1v) is 11.6. The van der Waals surface area contributed by atoms with Gasteiger partial charge in [0.25, 0.3) is 0 Å². The number of para-hydroxylation sites is 1. The Bertz CT molecular complexity index is 1260. The van der Waals surface area contributed by atoms with Gasteiger partial charge in [-0.2, -0.15) is 0 Å². The van der Waals surface area contributed by atoms with Crippen molar-refractivity contribution in [2.24, 2.45) is 0 Å². The summed E-state index contributed by atoms with van der Waals surface area (Å²) in [5, 5.41) is 12.0. The molecule has 1 aliphatic carbocycles. The smallest absolute Gasteiger partial charge is 0.234 e. The van der Waals surface area contributed by atoms with Gasteiger partial charge in [-0.15, -0.1) is 10.2 Å². The van der Waals surface area contributed by atoms with E-state index in [1.807, 2.05) is 34.9 Å². The highest BCUT2D eigenvalue weighted by atomic mass is 32.2.